The van der Waals surface area contributed by atoms with Crippen molar-refractivity contribution in [1.29, 1.82) is 0 Å². The van der Waals surface area contributed by atoms with Crippen LogP contribution >= 0.6 is 0 Å². The average molecular weight is 433 g/mol. The molecular weight excluding hydrogens is 408 g/mol. The van der Waals surface area contributed by atoms with Crippen molar-refractivity contribution in [3.05, 3.63) is 66.5 Å². The molecule has 0 spiro atoms. The van der Waals surface area contributed by atoms with Gasteiger partial charge in [-0.25, -0.2) is 4.68 Å². The van der Waals surface area contributed by atoms with Crippen molar-refractivity contribution >= 4 is 27.7 Å². The minimum Gasteiger partial charge on any atom is -0.370 e. The van der Waals surface area contributed by atoms with Crippen molar-refractivity contribution in [2.45, 2.75) is 6.54 Å². The number of nitrogens with zero attached hydrogens (tertiary/aromatic N) is 6. The van der Waals surface area contributed by atoms with Gasteiger partial charge in [-0.3, -0.25) is 8.37 Å². The molecular formula is C19H24N6O4S. The van der Waals surface area contributed by atoms with Gasteiger partial charge in [-0.15, -0.1) is 10.2 Å². The van der Waals surface area contributed by atoms with Crippen molar-refractivity contribution in [2.24, 2.45) is 17.3 Å². The number of rotatable bonds is 7. The molecule has 0 saturated heterocycles. The zero-order valence-corrected chi connectivity index (χ0v) is 18.0. The summed E-state index contributed by atoms with van der Waals surface area (Å²) in [5.41, 5.74) is 3.19. The second kappa shape index (κ2) is 11.1. The second-order valence-electron chi connectivity index (χ2n) is 5.98. The third kappa shape index (κ3) is 7.35. The Bertz CT molecular complexity index is 1030. The van der Waals surface area contributed by atoms with E-state index in [-0.39, 0.29) is 0 Å². The first-order chi connectivity index (χ1) is 14.3. The number of aromatic nitrogens is 3. The molecule has 0 bridgehead atoms. The standard InChI is InChI=1S/C17H18N6.C2H6O4S/c1-22(12-14-6-4-3-5-7-14)16-10-8-15(9-11-16)20-21-17-18-13-19-23(17)2;1-5-7(3,4)6-2/h3-11,13H,12H2,1-2H3;1-2H3. The zero-order valence-electron chi connectivity index (χ0n) is 17.2. The molecule has 1 aromatic heterocycles. The molecule has 0 atom stereocenters. The molecule has 160 valence electrons. The van der Waals surface area contributed by atoms with Crippen LogP contribution in [0.5, 0.6) is 0 Å². The van der Waals surface area contributed by atoms with Gasteiger partial charge in [0.05, 0.1) is 19.9 Å². The topological polar surface area (TPSA) is 111 Å². The maximum Gasteiger partial charge on any atom is 0.399 e. The maximum atomic E-state index is 9.92. The van der Waals surface area contributed by atoms with Crippen LogP contribution in [-0.2, 0) is 32.4 Å². The second-order valence-corrected chi connectivity index (χ2v) is 7.47. The van der Waals surface area contributed by atoms with Gasteiger partial charge in [0.25, 0.3) is 5.95 Å². The van der Waals surface area contributed by atoms with E-state index in [9.17, 15) is 8.42 Å². The first-order valence-electron chi connectivity index (χ1n) is 8.81. The molecule has 10 nitrogen and oxygen atoms in total. The maximum absolute atomic E-state index is 9.92. The summed E-state index contributed by atoms with van der Waals surface area (Å²) in [5, 5.41) is 12.2. The van der Waals surface area contributed by atoms with E-state index in [1.807, 2.05) is 30.3 Å². The molecule has 0 N–H and O–H groups in total. The lowest BCUT2D eigenvalue weighted by Gasteiger charge is -2.19. The molecule has 0 aliphatic heterocycles. The largest absolute Gasteiger partial charge is 0.399 e. The predicted molar refractivity (Wildman–Crippen MR) is 113 cm³/mol. The highest BCUT2D eigenvalue weighted by Gasteiger charge is 2.03. The van der Waals surface area contributed by atoms with E-state index in [0.29, 0.717) is 5.95 Å². The molecule has 0 aliphatic rings. The molecule has 0 fully saturated rings. The summed E-state index contributed by atoms with van der Waals surface area (Å²) in [5.74, 6) is 0.482. The van der Waals surface area contributed by atoms with E-state index >= 15 is 0 Å². The van der Waals surface area contributed by atoms with Crippen LogP contribution in [0.4, 0.5) is 17.3 Å². The van der Waals surface area contributed by atoms with Crippen LogP contribution in [0.1, 0.15) is 5.56 Å². The molecule has 0 saturated carbocycles. The molecule has 0 unspecified atom stereocenters. The van der Waals surface area contributed by atoms with Crippen LogP contribution in [0.3, 0.4) is 0 Å². The van der Waals surface area contributed by atoms with Gasteiger partial charge < -0.3 is 4.90 Å². The van der Waals surface area contributed by atoms with E-state index in [1.54, 1.807) is 11.7 Å². The molecule has 3 rings (SSSR count). The highest BCUT2D eigenvalue weighted by molar-refractivity contribution is 7.81. The van der Waals surface area contributed by atoms with Gasteiger partial charge in [-0.05, 0) is 29.8 Å². The van der Waals surface area contributed by atoms with Crippen molar-refractivity contribution in [1.82, 2.24) is 14.8 Å². The molecule has 0 radical (unpaired) electrons. The van der Waals surface area contributed by atoms with Crippen LogP contribution in [0, 0.1) is 0 Å². The van der Waals surface area contributed by atoms with Crippen LogP contribution in [0.15, 0.2) is 71.2 Å². The smallest absolute Gasteiger partial charge is 0.370 e. The molecule has 0 aliphatic carbocycles. The summed E-state index contributed by atoms with van der Waals surface area (Å²) in [6, 6.07) is 18.3. The summed E-state index contributed by atoms with van der Waals surface area (Å²) in [7, 11) is 2.25. The summed E-state index contributed by atoms with van der Waals surface area (Å²) in [4.78, 5) is 6.20. The quantitative estimate of drug-likeness (QED) is 0.526. The number of hydrogen-bond donors (Lipinski definition) is 0. The van der Waals surface area contributed by atoms with Crippen LogP contribution < -0.4 is 4.90 Å². The lowest BCUT2D eigenvalue weighted by molar-refractivity contribution is 0.286. The van der Waals surface area contributed by atoms with Gasteiger partial charge in [0, 0.05) is 26.3 Å². The number of azo groups is 1. The normalized spacial score (nSPS) is 11.2. The first-order valence-corrected chi connectivity index (χ1v) is 10.1. The van der Waals surface area contributed by atoms with Crippen molar-refractivity contribution in [3.63, 3.8) is 0 Å². The van der Waals surface area contributed by atoms with Gasteiger partial charge >= 0.3 is 10.4 Å². The Morgan fingerprint density at radius 2 is 1.63 bits per heavy atom. The van der Waals surface area contributed by atoms with Gasteiger partial charge in [-0.2, -0.15) is 18.5 Å². The number of aryl methyl sites for hydroxylation is 1. The van der Waals surface area contributed by atoms with Crippen LogP contribution in [0.2, 0.25) is 0 Å². The molecule has 1 heterocycles. The van der Waals surface area contributed by atoms with Crippen LogP contribution in [0.25, 0.3) is 0 Å². The minimum absolute atomic E-state index is 0.482. The summed E-state index contributed by atoms with van der Waals surface area (Å²) in [6.45, 7) is 0.862. The highest BCUT2D eigenvalue weighted by atomic mass is 32.3. The lowest BCUT2D eigenvalue weighted by atomic mass is 10.2. The van der Waals surface area contributed by atoms with E-state index in [4.69, 9.17) is 0 Å². The number of benzene rings is 2. The Morgan fingerprint density at radius 1 is 1.00 bits per heavy atom. The Morgan fingerprint density at radius 3 is 2.13 bits per heavy atom. The van der Waals surface area contributed by atoms with Gasteiger partial charge in [-0.1, -0.05) is 30.3 Å². The fraction of sp³-hybridized carbons (Fsp3) is 0.263. The predicted octanol–water partition coefficient (Wildman–Crippen LogP) is 3.39. The van der Waals surface area contributed by atoms with Crippen molar-refractivity contribution < 1.29 is 16.8 Å². The first kappa shape index (κ1) is 23.1. The Labute approximate surface area is 176 Å². The van der Waals surface area contributed by atoms with Crippen LogP contribution in [-0.4, -0.2) is 44.4 Å². The highest BCUT2D eigenvalue weighted by Crippen LogP contribution is 2.21. The Balaban J connectivity index is 0.000000396. The lowest BCUT2D eigenvalue weighted by Crippen LogP contribution is -2.15. The van der Waals surface area contributed by atoms with Gasteiger partial charge in [0.2, 0.25) is 0 Å². The Hall–Kier alpha value is -3.15. The van der Waals surface area contributed by atoms with E-state index < -0.39 is 10.4 Å². The third-order valence-electron chi connectivity index (χ3n) is 3.90. The molecule has 2 aromatic carbocycles. The average Bonchev–Trinajstić information content (AvgIpc) is 3.18. The summed E-state index contributed by atoms with van der Waals surface area (Å²) >= 11 is 0. The third-order valence-corrected chi connectivity index (χ3v) is 4.72. The number of hydrogen-bond acceptors (Lipinski definition) is 9. The van der Waals surface area contributed by atoms with E-state index in [2.05, 4.69) is 64.9 Å². The molecule has 0 amide bonds. The van der Waals surface area contributed by atoms with Gasteiger partial charge in [0.15, 0.2) is 0 Å². The monoisotopic (exact) mass is 432 g/mol. The molecule has 3 aromatic rings. The minimum atomic E-state index is -3.66. The fourth-order valence-corrected chi connectivity index (χ4v) is 2.41. The van der Waals surface area contributed by atoms with Crippen molar-refractivity contribution in [3.8, 4) is 0 Å². The zero-order chi connectivity index (χ0) is 22.0. The van der Waals surface area contributed by atoms with E-state index in [1.165, 1.54) is 11.9 Å². The summed E-state index contributed by atoms with van der Waals surface area (Å²) < 4.78 is 29.1. The van der Waals surface area contributed by atoms with Gasteiger partial charge in [0.1, 0.15) is 6.33 Å². The molecule has 30 heavy (non-hydrogen) atoms. The SMILES string of the molecule is CN(Cc1ccccc1)c1ccc(N=Nc2ncnn2C)cc1.COS(=O)(=O)OC. The van der Waals surface area contributed by atoms with E-state index in [0.717, 1.165) is 32.1 Å². The fourth-order valence-electron chi connectivity index (χ4n) is 2.27. The van der Waals surface area contributed by atoms with Crippen molar-refractivity contribution in [2.75, 3.05) is 26.2 Å². The molecule has 11 heteroatoms. The Kier molecular flexibility index (Phi) is 8.59. The number of anilines is 1. The summed E-state index contributed by atoms with van der Waals surface area (Å²) in [6.07, 6.45) is 1.45.